The molecule has 1 amide bonds. The number of benzene rings is 3. The standard InChI is InChI=1S/C24H17BrClN3O2/c1-31-17-12-6-14(7-13-17)21-20-22(28-27-21)24(30)29(16-10-8-15(25)9-11-16)23(20)18-4-2-3-5-19(18)26/h2-13,23H,1H3,(H,27,28)/t23-/m1/s1. The highest BCUT2D eigenvalue weighted by Crippen LogP contribution is 2.46. The van der Waals surface area contributed by atoms with E-state index >= 15 is 0 Å². The third-order valence-electron chi connectivity index (χ3n) is 5.44. The lowest BCUT2D eigenvalue weighted by atomic mass is 9.95. The van der Waals surface area contributed by atoms with Crippen molar-refractivity contribution in [3.05, 3.63) is 99.1 Å². The van der Waals surface area contributed by atoms with Crippen molar-refractivity contribution in [3.63, 3.8) is 0 Å². The summed E-state index contributed by atoms with van der Waals surface area (Å²) in [6, 6.07) is 22.5. The van der Waals surface area contributed by atoms with Crippen LogP contribution in [0.1, 0.15) is 27.7 Å². The minimum atomic E-state index is -0.409. The lowest BCUT2D eigenvalue weighted by Crippen LogP contribution is -2.29. The highest BCUT2D eigenvalue weighted by molar-refractivity contribution is 9.10. The van der Waals surface area contributed by atoms with E-state index in [1.165, 1.54) is 0 Å². The maximum absolute atomic E-state index is 13.5. The summed E-state index contributed by atoms with van der Waals surface area (Å²) in [7, 11) is 1.63. The molecule has 31 heavy (non-hydrogen) atoms. The zero-order valence-electron chi connectivity index (χ0n) is 16.5. The summed E-state index contributed by atoms with van der Waals surface area (Å²) in [6.07, 6.45) is 0. The number of nitrogens with zero attached hydrogens (tertiary/aromatic N) is 2. The van der Waals surface area contributed by atoms with E-state index in [0.717, 1.165) is 38.3 Å². The number of aromatic nitrogens is 2. The van der Waals surface area contributed by atoms with Gasteiger partial charge in [0, 0.05) is 26.3 Å². The van der Waals surface area contributed by atoms with E-state index in [9.17, 15) is 4.79 Å². The van der Waals surface area contributed by atoms with Gasteiger partial charge in [-0.05, 0) is 60.2 Å². The number of anilines is 1. The zero-order chi connectivity index (χ0) is 21.5. The van der Waals surface area contributed by atoms with Gasteiger partial charge in [0.2, 0.25) is 0 Å². The van der Waals surface area contributed by atoms with Crippen molar-refractivity contribution in [3.8, 4) is 17.0 Å². The molecule has 0 aliphatic carbocycles. The summed E-state index contributed by atoms with van der Waals surface area (Å²) >= 11 is 10.1. The number of hydrogen-bond acceptors (Lipinski definition) is 3. The second-order valence-corrected chi connectivity index (χ2v) is 8.49. The summed E-state index contributed by atoms with van der Waals surface area (Å²) < 4.78 is 6.22. The topological polar surface area (TPSA) is 58.2 Å². The summed E-state index contributed by atoms with van der Waals surface area (Å²) in [5.74, 6) is 0.612. The summed E-state index contributed by atoms with van der Waals surface area (Å²) in [5.41, 5.74) is 4.51. The molecule has 5 nitrogen and oxygen atoms in total. The van der Waals surface area contributed by atoms with Crippen LogP contribution in [-0.4, -0.2) is 23.2 Å². The Kier molecular flexibility index (Phi) is 5.04. The van der Waals surface area contributed by atoms with Crippen LogP contribution >= 0.6 is 27.5 Å². The van der Waals surface area contributed by atoms with E-state index < -0.39 is 6.04 Å². The number of halogens is 2. The third-order valence-corrected chi connectivity index (χ3v) is 6.31. The fourth-order valence-corrected chi connectivity index (χ4v) is 4.48. The van der Waals surface area contributed by atoms with Crippen molar-refractivity contribution in [2.24, 2.45) is 0 Å². The second-order valence-electron chi connectivity index (χ2n) is 7.17. The predicted octanol–water partition coefficient (Wildman–Crippen LogP) is 6.25. The van der Waals surface area contributed by atoms with Gasteiger partial charge in [-0.2, -0.15) is 5.10 Å². The van der Waals surface area contributed by atoms with Crippen LogP contribution in [-0.2, 0) is 0 Å². The van der Waals surface area contributed by atoms with Crippen molar-refractivity contribution in [2.45, 2.75) is 6.04 Å². The largest absolute Gasteiger partial charge is 0.497 e. The van der Waals surface area contributed by atoms with Gasteiger partial charge in [0.05, 0.1) is 18.8 Å². The monoisotopic (exact) mass is 493 g/mol. The molecule has 0 radical (unpaired) electrons. The van der Waals surface area contributed by atoms with Crippen molar-refractivity contribution in [1.29, 1.82) is 0 Å². The molecule has 5 rings (SSSR count). The number of ether oxygens (including phenoxy) is 1. The van der Waals surface area contributed by atoms with E-state index in [2.05, 4.69) is 26.1 Å². The van der Waals surface area contributed by atoms with Crippen LogP contribution in [0.3, 0.4) is 0 Å². The first kappa shape index (κ1) is 19.8. The molecule has 0 fully saturated rings. The van der Waals surface area contributed by atoms with Crippen molar-refractivity contribution in [2.75, 3.05) is 12.0 Å². The first-order valence-corrected chi connectivity index (χ1v) is 10.8. The Hall–Kier alpha value is -3.09. The van der Waals surface area contributed by atoms with Gasteiger partial charge in [0.1, 0.15) is 11.4 Å². The molecule has 2 heterocycles. The fraction of sp³-hybridized carbons (Fsp3) is 0.0833. The zero-order valence-corrected chi connectivity index (χ0v) is 18.8. The van der Waals surface area contributed by atoms with E-state index in [1.54, 1.807) is 12.0 Å². The van der Waals surface area contributed by atoms with Crippen LogP contribution in [0.5, 0.6) is 5.75 Å². The minimum absolute atomic E-state index is 0.144. The molecule has 0 saturated heterocycles. The predicted molar refractivity (Wildman–Crippen MR) is 125 cm³/mol. The maximum Gasteiger partial charge on any atom is 0.277 e. The summed E-state index contributed by atoms with van der Waals surface area (Å²) in [4.78, 5) is 15.3. The normalized spacial score (nSPS) is 15.3. The Balaban J connectivity index is 1.71. The molecule has 1 atom stereocenters. The number of carbonyl (C=O) groups excluding carboxylic acids is 1. The molecular formula is C24H17BrClN3O2. The van der Waals surface area contributed by atoms with Crippen LogP contribution in [0.4, 0.5) is 5.69 Å². The molecule has 1 aliphatic rings. The molecular weight excluding hydrogens is 478 g/mol. The molecule has 1 aromatic heterocycles. The van der Waals surface area contributed by atoms with Crippen LogP contribution in [0.25, 0.3) is 11.3 Å². The fourth-order valence-electron chi connectivity index (χ4n) is 3.98. The van der Waals surface area contributed by atoms with Crippen molar-refractivity contribution in [1.82, 2.24) is 10.2 Å². The smallest absolute Gasteiger partial charge is 0.277 e. The number of H-pyrrole nitrogens is 1. The van der Waals surface area contributed by atoms with Gasteiger partial charge in [-0.25, -0.2) is 0 Å². The van der Waals surface area contributed by atoms with Gasteiger partial charge >= 0.3 is 0 Å². The summed E-state index contributed by atoms with van der Waals surface area (Å²) in [5, 5.41) is 8.06. The van der Waals surface area contributed by atoms with Crippen molar-refractivity contribution < 1.29 is 9.53 Å². The van der Waals surface area contributed by atoms with Gasteiger partial charge in [0.15, 0.2) is 0 Å². The van der Waals surface area contributed by atoms with Gasteiger partial charge in [0.25, 0.3) is 5.91 Å². The van der Waals surface area contributed by atoms with Crippen LogP contribution in [0.15, 0.2) is 77.3 Å². The Morgan fingerprint density at radius 3 is 2.42 bits per heavy atom. The van der Waals surface area contributed by atoms with Crippen LogP contribution in [0, 0.1) is 0 Å². The highest BCUT2D eigenvalue weighted by atomic mass is 79.9. The maximum atomic E-state index is 13.5. The average molecular weight is 495 g/mol. The van der Waals surface area contributed by atoms with E-state index in [4.69, 9.17) is 16.3 Å². The van der Waals surface area contributed by atoms with Crippen LogP contribution < -0.4 is 9.64 Å². The number of amides is 1. The number of rotatable bonds is 4. The highest BCUT2D eigenvalue weighted by Gasteiger charge is 2.43. The van der Waals surface area contributed by atoms with Crippen LogP contribution in [0.2, 0.25) is 5.02 Å². The minimum Gasteiger partial charge on any atom is -0.497 e. The molecule has 7 heteroatoms. The van der Waals surface area contributed by atoms with Gasteiger partial charge in [-0.3, -0.25) is 14.8 Å². The lowest BCUT2D eigenvalue weighted by molar-refractivity contribution is 0.0989. The molecule has 154 valence electrons. The molecule has 1 aliphatic heterocycles. The molecule has 0 saturated carbocycles. The first-order chi connectivity index (χ1) is 15.1. The number of carbonyl (C=O) groups is 1. The van der Waals surface area contributed by atoms with Gasteiger partial charge in [-0.1, -0.05) is 45.7 Å². The molecule has 0 spiro atoms. The van der Waals surface area contributed by atoms with Crippen molar-refractivity contribution >= 4 is 39.1 Å². The van der Waals surface area contributed by atoms with Gasteiger partial charge in [-0.15, -0.1) is 0 Å². The Morgan fingerprint density at radius 2 is 1.74 bits per heavy atom. The average Bonchev–Trinajstić information content (AvgIpc) is 3.34. The number of fused-ring (bicyclic) bond motifs is 1. The second kappa shape index (κ2) is 7.87. The van der Waals surface area contributed by atoms with E-state index in [-0.39, 0.29) is 5.91 Å². The SMILES string of the molecule is COc1ccc(-c2n[nH]c3c2[C@@H](c2ccccc2Cl)N(c2ccc(Br)cc2)C3=O)cc1. The Bertz CT molecular complexity index is 1270. The molecule has 3 aromatic carbocycles. The summed E-state index contributed by atoms with van der Waals surface area (Å²) in [6.45, 7) is 0. The quantitative estimate of drug-likeness (QED) is 0.365. The lowest BCUT2D eigenvalue weighted by Gasteiger charge is -2.27. The Labute approximate surface area is 192 Å². The molecule has 4 aromatic rings. The molecule has 0 bridgehead atoms. The number of methoxy groups -OCH3 is 1. The molecule has 1 N–H and O–H groups in total. The van der Waals surface area contributed by atoms with E-state index in [1.807, 2.05) is 72.8 Å². The number of hydrogen-bond donors (Lipinski definition) is 1. The third kappa shape index (κ3) is 3.32. The van der Waals surface area contributed by atoms with Gasteiger partial charge < -0.3 is 4.74 Å². The number of aromatic amines is 1. The number of nitrogens with one attached hydrogen (secondary N) is 1. The van der Waals surface area contributed by atoms with E-state index in [0.29, 0.717) is 10.7 Å². The molecule has 0 unspecified atom stereocenters. The first-order valence-electron chi connectivity index (χ1n) is 9.64. The Morgan fingerprint density at radius 1 is 1.03 bits per heavy atom.